The molecule has 1 fully saturated rings. The molecule has 0 heterocycles. The molecule has 4 heteroatoms. The highest BCUT2D eigenvalue weighted by Crippen LogP contribution is 2.40. The summed E-state index contributed by atoms with van der Waals surface area (Å²) in [4.78, 5) is 10.6. The molecule has 1 saturated carbocycles. The van der Waals surface area contributed by atoms with E-state index in [0.717, 1.165) is 11.8 Å². The summed E-state index contributed by atoms with van der Waals surface area (Å²) in [5.74, 6) is -0.843. The van der Waals surface area contributed by atoms with Crippen molar-refractivity contribution in [2.45, 2.75) is 18.5 Å². The van der Waals surface area contributed by atoms with Crippen LogP contribution in [-0.2, 0) is 9.53 Å². The van der Waals surface area contributed by atoms with Gasteiger partial charge in [0.25, 0.3) is 0 Å². The van der Waals surface area contributed by atoms with Crippen LogP contribution in [0.15, 0.2) is 11.8 Å². The van der Waals surface area contributed by atoms with Gasteiger partial charge in [0.05, 0.1) is 0 Å². The fourth-order valence-electron chi connectivity index (χ4n) is 0.507. The summed E-state index contributed by atoms with van der Waals surface area (Å²) in [5.41, 5.74) is -0.694. The maximum Gasteiger partial charge on any atom is 0.348 e. The molecule has 0 atom stereocenters. The number of hydrogen-bond donors (Lipinski definition) is 0. The molecule has 0 N–H and O–H groups in total. The lowest BCUT2D eigenvalue weighted by Gasteiger charge is -1.99. The lowest BCUT2D eigenvalue weighted by molar-refractivity contribution is -0.145. The normalized spacial score (nSPS) is 21.0. The number of ether oxygens (including phenoxy) is 1. The van der Waals surface area contributed by atoms with Crippen LogP contribution >= 0.6 is 11.6 Å². The van der Waals surface area contributed by atoms with Gasteiger partial charge in [0.1, 0.15) is 6.26 Å². The summed E-state index contributed by atoms with van der Waals surface area (Å²) in [7, 11) is 0. The van der Waals surface area contributed by atoms with Crippen molar-refractivity contribution in [3.05, 3.63) is 11.8 Å². The number of alkyl halides is 1. The highest BCUT2D eigenvalue weighted by molar-refractivity contribution is 6.25. The number of rotatable bonds is 2. The minimum Gasteiger partial charge on any atom is -0.431 e. The Bertz CT molecular complexity index is 175. The van der Waals surface area contributed by atoms with Crippen molar-refractivity contribution in [1.82, 2.24) is 0 Å². The van der Waals surface area contributed by atoms with E-state index in [1.165, 1.54) is 0 Å². The first-order valence-corrected chi connectivity index (χ1v) is 3.28. The minimum absolute atomic E-state index is 0.266. The van der Waals surface area contributed by atoms with Crippen molar-refractivity contribution < 1.29 is 13.9 Å². The second kappa shape index (κ2) is 2.58. The second-order valence-electron chi connectivity index (χ2n) is 2.13. The van der Waals surface area contributed by atoms with Crippen LogP contribution in [0, 0.1) is 0 Å². The number of hydrogen-bond acceptors (Lipinski definition) is 2. The van der Waals surface area contributed by atoms with Crippen molar-refractivity contribution in [2.75, 3.05) is 0 Å². The van der Waals surface area contributed by atoms with E-state index in [4.69, 9.17) is 11.6 Å². The maximum absolute atomic E-state index is 12.7. The van der Waals surface area contributed by atoms with E-state index in [2.05, 4.69) is 4.74 Å². The summed E-state index contributed by atoms with van der Waals surface area (Å²) in [6, 6.07) is 0. The summed E-state index contributed by atoms with van der Waals surface area (Å²) in [5, 5.41) is 0. The number of halogens is 2. The zero-order valence-electron chi connectivity index (χ0n) is 5.14. The molecule has 1 rings (SSSR count). The molecule has 0 aromatic heterocycles. The smallest absolute Gasteiger partial charge is 0.348 e. The Balaban J connectivity index is 2.35. The maximum atomic E-state index is 12.7. The van der Waals surface area contributed by atoms with Gasteiger partial charge in [-0.15, -0.1) is 0 Å². The van der Waals surface area contributed by atoms with Crippen LogP contribution < -0.4 is 0 Å². The molecule has 0 amide bonds. The summed E-state index contributed by atoms with van der Waals surface area (Å²) in [6.45, 7) is 0. The molecule has 0 aliphatic heterocycles. The molecule has 0 aromatic rings. The Kier molecular flexibility index (Phi) is 1.94. The van der Waals surface area contributed by atoms with Crippen LogP contribution in [0.1, 0.15) is 12.8 Å². The molecular formula is C6H6ClFO2. The van der Waals surface area contributed by atoms with Gasteiger partial charge in [-0.2, -0.15) is 0 Å². The van der Waals surface area contributed by atoms with Crippen LogP contribution in [0.25, 0.3) is 0 Å². The second-order valence-corrected chi connectivity index (χ2v) is 2.38. The van der Waals surface area contributed by atoms with E-state index < -0.39 is 11.6 Å². The van der Waals surface area contributed by atoms with Gasteiger partial charge >= 0.3 is 5.97 Å². The average Bonchev–Trinajstić information content (AvgIpc) is 2.64. The molecule has 10 heavy (non-hydrogen) atoms. The predicted molar refractivity (Wildman–Crippen MR) is 34.2 cm³/mol. The summed E-state index contributed by atoms with van der Waals surface area (Å²) in [6.07, 6.45) is 1.49. The number of carbonyl (C=O) groups excluding carboxylic acids is 1. The third kappa shape index (κ3) is 1.48. The van der Waals surface area contributed by atoms with E-state index in [0.29, 0.717) is 0 Å². The van der Waals surface area contributed by atoms with Gasteiger partial charge in [-0.05, 0) is 12.8 Å². The summed E-state index contributed by atoms with van der Waals surface area (Å²) < 4.78 is 17.0. The van der Waals surface area contributed by atoms with Gasteiger partial charge in [0.15, 0.2) is 0 Å². The molecule has 0 bridgehead atoms. The SMILES string of the molecule is O=C(OC=CCl)C1(F)CC1. The Hall–Kier alpha value is -0.570. The van der Waals surface area contributed by atoms with E-state index in [9.17, 15) is 9.18 Å². The van der Waals surface area contributed by atoms with Gasteiger partial charge in [-0.1, -0.05) is 11.6 Å². The van der Waals surface area contributed by atoms with Crippen molar-refractivity contribution >= 4 is 17.6 Å². The van der Waals surface area contributed by atoms with Gasteiger partial charge in [-0.3, -0.25) is 0 Å². The lowest BCUT2D eigenvalue weighted by atomic mass is 10.4. The van der Waals surface area contributed by atoms with Crippen molar-refractivity contribution in [3.63, 3.8) is 0 Å². The van der Waals surface area contributed by atoms with Gasteiger partial charge in [0.2, 0.25) is 5.67 Å². The third-order valence-electron chi connectivity index (χ3n) is 1.28. The Morgan fingerprint density at radius 1 is 1.70 bits per heavy atom. The molecule has 0 radical (unpaired) electrons. The first-order valence-electron chi connectivity index (χ1n) is 2.84. The molecule has 1 aliphatic carbocycles. The zero-order chi connectivity index (χ0) is 7.61. The van der Waals surface area contributed by atoms with Crippen LogP contribution in [0.5, 0.6) is 0 Å². The molecule has 1 aliphatic rings. The minimum atomic E-state index is -1.71. The van der Waals surface area contributed by atoms with Crippen LogP contribution in [0.2, 0.25) is 0 Å². The van der Waals surface area contributed by atoms with Gasteiger partial charge in [0, 0.05) is 5.54 Å². The fourth-order valence-corrected chi connectivity index (χ4v) is 0.558. The first kappa shape index (κ1) is 7.54. The lowest BCUT2D eigenvalue weighted by Crippen LogP contribution is -2.17. The monoisotopic (exact) mass is 164 g/mol. The first-order chi connectivity index (χ1) is 4.69. The predicted octanol–water partition coefficient (Wildman–Crippen LogP) is 1.74. The van der Waals surface area contributed by atoms with E-state index in [-0.39, 0.29) is 12.8 Å². The van der Waals surface area contributed by atoms with Crippen LogP contribution in [0.4, 0.5) is 4.39 Å². The molecule has 0 aromatic carbocycles. The number of esters is 1. The Labute approximate surface area is 62.6 Å². The largest absolute Gasteiger partial charge is 0.431 e. The molecule has 56 valence electrons. The van der Waals surface area contributed by atoms with Crippen molar-refractivity contribution in [3.8, 4) is 0 Å². The average molecular weight is 165 g/mol. The standard InChI is InChI=1S/C6H6ClFO2/c7-3-4-10-5(9)6(8)1-2-6/h3-4H,1-2H2. The van der Waals surface area contributed by atoms with E-state index in [1.54, 1.807) is 0 Å². The van der Waals surface area contributed by atoms with E-state index in [1.807, 2.05) is 0 Å². The Morgan fingerprint density at radius 2 is 2.30 bits per heavy atom. The quantitative estimate of drug-likeness (QED) is 0.459. The molecule has 2 nitrogen and oxygen atoms in total. The van der Waals surface area contributed by atoms with Gasteiger partial charge in [-0.25, -0.2) is 9.18 Å². The number of carbonyl (C=O) groups is 1. The van der Waals surface area contributed by atoms with E-state index >= 15 is 0 Å². The molecular weight excluding hydrogens is 159 g/mol. The summed E-state index contributed by atoms with van der Waals surface area (Å²) >= 11 is 5.04. The highest BCUT2D eigenvalue weighted by Gasteiger charge is 2.52. The van der Waals surface area contributed by atoms with Gasteiger partial charge < -0.3 is 4.74 Å². The Morgan fingerprint density at radius 3 is 2.70 bits per heavy atom. The van der Waals surface area contributed by atoms with Crippen LogP contribution in [0.3, 0.4) is 0 Å². The molecule has 0 spiro atoms. The van der Waals surface area contributed by atoms with Crippen LogP contribution in [-0.4, -0.2) is 11.6 Å². The molecule has 0 saturated heterocycles. The third-order valence-corrected chi connectivity index (χ3v) is 1.38. The topological polar surface area (TPSA) is 26.3 Å². The fraction of sp³-hybridized carbons (Fsp3) is 0.500. The van der Waals surface area contributed by atoms with Crippen molar-refractivity contribution in [2.24, 2.45) is 0 Å². The molecule has 0 unspecified atom stereocenters. The zero-order valence-corrected chi connectivity index (χ0v) is 5.90. The van der Waals surface area contributed by atoms with Crippen molar-refractivity contribution in [1.29, 1.82) is 0 Å². The highest BCUT2D eigenvalue weighted by atomic mass is 35.5.